The first-order chi connectivity index (χ1) is 12.1. The molecule has 0 bridgehead atoms. The van der Waals surface area contributed by atoms with Crippen molar-refractivity contribution in [2.75, 3.05) is 5.32 Å². The van der Waals surface area contributed by atoms with Gasteiger partial charge in [-0.2, -0.15) is 0 Å². The van der Waals surface area contributed by atoms with E-state index in [0.717, 1.165) is 21.5 Å². The smallest absolute Gasteiger partial charge is 0.257 e. The van der Waals surface area contributed by atoms with Crippen LogP contribution in [-0.2, 0) is 0 Å². The van der Waals surface area contributed by atoms with Crippen LogP contribution in [0.25, 0.3) is 21.5 Å². The van der Waals surface area contributed by atoms with Crippen LogP contribution in [0.5, 0.6) is 0 Å². The number of hydrogen-bond acceptors (Lipinski definition) is 5. The highest BCUT2D eigenvalue weighted by Gasteiger charge is 2.12. The van der Waals surface area contributed by atoms with E-state index >= 15 is 0 Å². The Bertz CT molecular complexity index is 1090. The Hall–Kier alpha value is -1.99. The summed E-state index contributed by atoms with van der Waals surface area (Å²) in [5, 5.41) is 6.17. The number of aromatic nitrogens is 2. The van der Waals surface area contributed by atoms with Crippen LogP contribution in [0.4, 0.5) is 5.13 Å². The standard InChI is InChI=1S/C17H9Cl2N3OS2/c18-11-3-1-9(5-12(11)19)14-7-24-17(21-14)22-16(23)10-2-4-13-15(6-10)25-8-20-13/h1-8H,(H,21,22,23). The van der Waals surface area contributed by atoms with Crippen LogP contribution in [0.1, 0.15) is 10.4 Å². The predicted octanol–water partition coefficient (Wildman–Crippen LogP) is 5.98. The molecular formula is C17H9Cl2N3OS2. The van der Waals surface area contributed by atoms with Crippen molar-refractivity contribution in [1.29, 1.82) is 0 Å². The van der Waals surface area contributed by atoms with Crippen LogP contribution in [0.2, 0.25) is 10.0 Å². The molecule has 1 N–H and O–H groups in total. The highest BCUT2D eigenvalue weighted by molar-refractivity contribution is 7.16. The first kappa shape index (κ1) is 16.5. The van der Waals surface area contributed by atoms with E-state index in [-0.39, 0.29) is 5.91 Å². The molecule has 0 saturated heterocycles. The lowest BCUT2D eigenvalue weighted by molar-refractivity contribution is 0.102. The average Bonchev–Trinajstić information content (AvgIpc) is 3.25. The summed E-state index contributed by atoms with van der Waals surface area (Å²) in [5.41, 5.74) is 4.80. The van der Waals surface area contributed by atoms with Crippen molar-refractivity contribution in [2.24, 2.45) is 0 Å². The Kier molecular flexibility index (Phi) is 4.43. The molecule has 0 aliphatic heterocycles. The molecule has 0 radical (unpaired) electrons. The highest BCUT2D eigenvalue weighted by Crippen LogP contribution is 2.30. The lowest BCUT2D eigenvalue weighted by atomic mass is 10.2. The van der Waals surface area contributed by atoms with E-state index in [4.69, 9.17) is 23.2 Å². The lowest BCUT2D eigenvalue weighted by Gasteiger charge is -2.02. The summed E-state index contributed by atoms with van der Waals surface area (Å²) in [7, 11) is 0. The van der Waals surface area contributed by atoms with Gasteiger partial charge in [0.2, 0.25) is 0 Å². The summed E-state index contributed by atoms with van der Waals surface area (Å²) in [5.74, 6) is -0.203. The van der Waals surface area contributed by atoms with Crippen molar-refractivity contribution in [1.82, 2.24) is 9.97 Å². The van der Waals surface area contributed by atoms with Crippen molar-refractivity contribution in [3.05, 3.63) is 62.9 Å². The summed E-state index contributed by atoms with van der Waals surface area (Å²) < 4.78 is 0.975. The predicted molar refractivity (Wildman–Crippen MR) is 105 cm³/mol. The van der Waals surface area contributed by atoms with Crippen molar-refractivity contribution in [3.8, 4) is 11.3 Å². The zero-order chi connectivity index (χ0) is 17.4. The summed E-state index contributed by atoms with van der Waals surface area (Å²) in [6, 6.07) is 10.7. The molecule has 0 saturated carbocycles. The Balaban J connectivity index is 1.55. The van der Waals surface area contributed by atoms with Crippen molar-refractivity contribution in [2.45, 2.75) is 0 Å². The molecular weight excluding hydrogens is 397 g/mol. The number of fused-ring (bicyclic) bond motifs is 1. The van der Waals surface area contributed by atoms with Gasteiger partial charge >= 0.3 is 0 Å². The van der Waals surface area contributed by atoms with Crippen molar-refractivity contribution in [3.63, 3.8) is 0 Å². The van der Waals surface area contributed by atoms with Gasteiger partial charge in [0.25, 0.3) is 5.91 Å². The number of rotatable bonds is 3. The molecule has 0 spiro atoms. The third kappa shape index (κ3) is 3.39. The van der Waals surface area contributed by atoms with Gasteiger partial charge in [-0.3, -0.25) is 10.1 Å². The van der Waals surface area contributed by atoms with Crippen LogP contribution in [0.3, 0.4) is 0 Å². The maximum atomic E-state index is 12.4. The molecule has 0 unspecified atom stereocenters. The molecule has 0 aliphatic carbocycles. The van der Waals surface area contributed by atoms with Crippen molar-refractivity contribution >= 4 is 67.1 Å². The second kappa shape index (κ2) is 6.72. The first-order valence-corrected chi connectivity index (χ1v) is 9.67. The molecule has 4 rings (SSSR count). The average molecular weight is 406 g/mol. The SMILES string of the molecule is O=C(Nc1nc(-c2ccc(Cl)c(Cl)c2)cs1)c1ccc2ncsc2c1. The third-order valence-corrected chi connectivity index (χ3v) is 5.82. The minimum atomic E-state index is -0.203. The van der Waals surface area contributed by atoms with Crippen LogP contribution in [0, 0.1) is 0 Å². The first-order valence-electron chi connectivity index (χ1n) is 7.16. The van der Waals surface area contributed by atoms with Crippen LogP contribution < -0.4 is 5.32 Å². The fourth-order valence-electron chi connectivity index (χ4n) is 2.28. The maximum Gasteiger partial charge on any atom is 0.257 e. The Morgan fingerprint density at radius 1 is 1.04 bits per heavy atom. The van der Waals surface area contributed by atoms with Gasteiger partial charge in [-0.25, -0.2) is 9.97 Å². The topological polar surface area (TPSA) is 54.9 Å². The van der Waals surface area contributed by atoms with Crippen molar-refractivity contribution < 1.29 is 4.79 Å². The van der Waals surface area contributed by atoms with E-state index in [1.165, 1.54) is 22.7 Å². The van der Waals surface area contributed by atoms with Gasteiger partial charge in [0.1, 0.15) is 0 Å². The molecule has 0 fully saturated rings. The maximum absolute atomic E-state index is 12.4. The zero-order valence-electron chi connectivity index (χ0n) is 12.5. The molecule has 4 nitrogen and oxygen atoms in total. The van der Waals surface area contributed by atoms with Gasteiger partial charge in [-0.15, -0.1) is 22.7 Å². The monoisotopic (exact) mass is 405 g/mol. The molecule has 1 amide bonds. The Labute approximate surface area is 161 Å². The molecule has 2 aromatic carbocycles. The zero-order valence-corrected chi connectivity index (χ0v) is 15.6. The summed E-state index contributed by atoms with van der Waals surface area (Å²) >= 11 is 14.8. The van der Waals surface area contributed by atoms with Crippen LogP contribution in [0.15, 0.2) is 47.3 Å². The second-order valence-corrected chi connectivity index (χ2v) is 7.71. The summed E-state index contributed by atoms with van der Waals surface area (Å²) in [6.45, 7) is 0. The summed E-state index contributed by atoms with van der Waals surface area (Å²) in [4.78, 5) is 21.1. The van der Waals surface area contributed by atoms with Gasteiger partial charge in [-0.05, 0) is 30.3 Å². The fraction of sp³-hybridized carbons (Fsp3) is 0. The van der Waals surface area contributed by atoms with Crippen LogP contribution >= 0.6 is 45.9 Å². The van der Waals surface area contributed by atoms with Gasteiger partial charge in [0.15, 0.2) is 5.13 Å². The third-order valence-electron chi connectivity index (χ3n) is 3.53. The number of carbonyl (C=O) groups is 1. The number of nitrogens with zero attached hydrogens (tertiary/aromatic N) is 2. The van der Waals surface area contributed by atoms with Gasteiger partial charge in [0.05, 0.1) is 31.5 Å². The van der Waals surface area contributed by atoms with Crippen LogP contribution in [-0.4, -0.2) is 15.9 Å². The summed E-state index contributed by atoms with van der Waals surface area (Å²) in [6.07, 6.45) is 0. The fourth-order valence-corrected chi connectivity index (χ4v) is 4.01. The number of thiazole rings is 2. The quantitative estimate of drug-likeness (QED) is 0.455. The largest absolute Gasteiger partial charge is 0.298 e. The molecule has 0 aliphatic rings. The molecule has 4 aromatic rings. The number of hydrogen-bond donors (Lipinski definition) is 1. The van der Waals surface area contributed by atoms with E-state index in [9.17, 15) is 4.79 Å². The molecule has 2 aromatic heterocycles. The Morgan fingerprint density at radius 2 is 1.92 bits per heavy atom. The van der Waals surface area contributed by atoms with E-state index in [1.54, 1.807) is 23.7 Å². The second-order valence-electron chi connectivity index (χ2n) is 5.16. The number of carbonyl (C=O) groups excluding carboxylic acids is 1. The van der Waals surface area contributed by atoms with Gasteiger partial charge in [-0.1, -0.05) is 29.3 Å². The molecule has 124 valence electrons. The van der Waals surface area contributed by atoms with Gasteiger partial charge in [0, 0.05) is 16.5 Å². The normalized spacial score (nSPS) is 11.0. The minimum Gasteiger partial charge on any atom is -0.298 e. The lowest BCUT2D eigenvalue weighted by Crippen LogP contribution is -2.11. The molecule has 0 atom stereocenters. The van der Waals surface area contributed by atoms with E-state index in [0.29, 0.717) is 20.7 Å². The molecule has 2 heterocycles. The minimum absolute atomic E-state index is 0.203. The van der Waals surface area contributed by atoms with E-state index in [1.807, 2.05) is 23.6 Å². The number of amides is 1. The number of anilines is 1. The Morgan fingerprint density at radius 3 is 2.76 bits per heavy atom. The molecule has 25 heavy (non-hydrogen) atoms. The van der Waals surface area contributed by atoms with E-state index in [2.05, 4.69) is 15.3 Å². The number of nitrogens with one attached hydrogen (secondary N) is 1. The van der Waals surface area contributed by atoms with Gasteiger partial charge < -0.3 is 0 Å². The molecule has 8 heteroatoms. The van der Waals surface area contributed by atoms with E-state index < -0.39 is 0 Å². The highest BCUT2D eigenvalue weighted by atomic mass is 35.5. The number of benzene rings is 2. The number of halogens is 2.